The zero-order valence-corrected chi connectivity index (χ0v) is 17.2. The van der Waals surface area contributed by atoms with Gasteiger partial charge in [0.1, 0.15) is 16.5 Å². The van der Waals surface area contributed by atoms with Crippen molar-refractivity contribution in [2.24, 2.45) is 0 Å². The van der Waals surface area contributed by atoms with Crippen LogP contribution in [0.3, 0.4) is 0 Å². The minimum absolute atomic E-state index is 0.187. The number of hydrogen-bond donors (Lipinski definition) is 0. The predicted octanol–water partition coefficient (Wildman–Crippen LogP) is 4.00. The summed E-state index contributed by atoms with van der Waals surface area (Å²) in [7, 11) is 0. The van der Waals surface area contributed by atoms with Gasteiger partial charge >= 0.3 is 6.09 Å². The van der Waals surface area contributed by atoms with E-state index >= 15 is 0 Å². The molecule has 2 aliphatic heterocycles. The summed E-state index contributed by atoms with van der Waals surface area (Å²) in [5.41, 5.74) is 1.31. The van der Waals surface area contributed by atoms with Gasteiger partial charge in [-0.1, -0.05) is 0 Å². The summed E-state index contributed by atoms with van der Waals surface area (Å²) in [4.78, 5) is 23.3. The molecule has 1 unspecified atom stereocenters. The molecule has 2 aromatic heterocycles. The number of aryl methyl sites for hydroxylation is 1. The average molecular weight is 422 g/mol. The molecular weight excluding hydrogens is 398 g/mol. The molecule has 4 rings (SSSR count). The number of ether oxygens (including phenoxy) is 1. The highest BCUT2D eigenvalue weighted by atomic mass is 79.9. The molecule has 2 fully saturated rings. The van der Waals surface area contributed by atoms with Crippen LogP contribution in [0.15, 0.2) is 10.9 Å². The molecule has 0 saturated carbocycles. The lowest BCUT2D eigenvalue weighted by Crippen LogP contribution is -2.48. The number of aromatic nitrogens is 4. The van der Waals surface area contributed by atoms with Crippen molar-refractivity contribution >= 4 is 33.1 Å². The molecule has 8 heteroatoms. The Balaban J connectivity index is 1.60. The Labute approximate surface area is 161 Å². The second-order valence-corrected chi connectivity index (χ2v) is 9.04. The second-order valence-electron chi connectivity index (χ2n) is 8.29. The molecule has 2 aromatic rings. The number of halogens is 1. The van der Waals surface area contributed by atoms with E-state index in [1.807, 2.05) is 37.3 Å². The molecule has 7 nitrogen and oxygen atoms in total. The Morgan fingerprint density at radius 1 is 1.19 bits per heavy atom. The summed E-state index contributed by atoms with van der Waals surface area (Å²) in [6.45, 7) is 7.70. The van der Waals surface area contributed by atoms with Gasteiger partial charge in [-0.25, -0.2) is 19.4 Å². The van der Waals surface area contributed by atoms with Crippen LogP contribution in [-0.2, 0) is 4.74 Å². The fourth-order valence-corrected chi connectivity index (χ4v) is 4.92. The lowest BCUT2D eigenvalue weighted by atomic mass is 9.98. The first-order chi connectivity index (χ1) is 12.2. The van der Waals surface area contributed by atoms with E-state index in [-0.39, 0.29) is 24.2 Å². The van der Waals surface area contributed by atoms with Crippen molar-refractivity contribution in [2.45, 2.75) is 77.1 Å². The Kier molecular flexibility index (Phi) is 4.21. The van der Waals surface area contributed by atoms with E-state index in [9.17, 15) is 4.79 Å². The molecule has 0 N–H and O–H groups in total. The van der Waals surface area contributed by atoms with Crippen LogP contribution in [0.4, 0.5) is 4.79 Å². The maximum absolute atomic E-state index is 12.6. The predicted molar refractivity (Wildman–Crippen MR) is 101 cm³/mol. The molecule has 3 atom stereocenters. The van der Waals surface area contributed by atoms with E-state index in [1.54, 1.807) is 6.33 Å². The number of nitrogens with zero attached hydrogens (tertiary/aromatic N) is 5. The topological polar surface area (TPSA) is 73.1 Å². The van der Waals surface area contributed by atoms with Crippen molar-refractivity contribution in [3.63, 3.8) is 0 Å². The standard InChI is InChI=1S/C18H24BrN5O2/c1-10-14-15(19)22-24(16(14)21-9-20-10)13-7-11-5-6-12(8-13)23(11)17(25)26-18(2,3)4/h9,11-13H,5-8H2,1-4H3/t11-,12+,13?. The van der Waals surface area contributed by atoms with Crippen LogP contribution < -0.4 is 0 Å². The first-order valence-corrected chi connectivity index (χ1v) is 9.90. The van der Waals surface area contributed by atoms with E-state index in [2.05, 4.69) is 25.9 Å². The second kappa shape index (κ2) is 6.18. The van der Waals surface area contributed by atoms with Gasteiger partial charge in [-0.2, -0.15) is 5.10 Å². The summed E-state index contributed by atoms with van der Waals surface area (Å²) in [6, 6.07) is 0.637. The number of rotatable bonds is 1. The third kappa shape index (κ3) is 2.98. The summed E-state index contributed by atoms with van der Waals surface area (Å²) < 4.78 is 8.43. The fraction of sp³-hybridized carbons (Fsp3) is 0.667. The number of piperidine rings is 1. The molecule has 4 heterocycles. The highest BCUT2D eigenvalue weighted by molar-refractivity contribution is 9.10. The summed E-state index contributed by atoms with van der Waals surface area (Å²) in [5, 5.41) is 5.66. The third-order valence-corrected chi connectivity index (χ3v) is 5.85. The summed E-state index contributed by atoms with van der Waals surface area (Å²) in [5.74, 6) is 0. The van der Waals surface area contributed by atoms with E-state index in [1.165, 1.54) is 0 Å². The van der Waals surface area contributed by atoms with Gasteiger partial charge in [0, 0.05) is 12.1 Å². The molecule has 26 heavy (non-hydrogen) atoms. The van der Waals surface area contributed by atoms with Gasteiger partial charge in [0.15, 0.2) is 5.65 Å². The maximum atomic E-state index is 12.6. The largest absolute Gasteiger partial charge is 0.444 e. The van der Waals surface area contributed by atoms with Crippen molar-refractivity contribution in [1.29, 1.82) is 0 Å². The number of hydrogen-bond acceptors (Lipinski definition) is 5. The molecule has 2 bridgehead atoms. The summed E-state index contributed by atoms with van der Waals surface area (Å²) >= 11 is 3.55. The molecule has 2 aliphatic rings. The van der Waals surface area contributed by atoms with Crippen LogP contribution in [0, 0.1) is 6.92 Å². The first-order valence-electron chi connectivity index (χ1n) is 9.11. The highest BCUT2D eigenvalue weighted by Gasteiger charge is 2.46. The molecular formula is C18H24BrN5O2. The van der Waals surface area contributed by atoms with Gasteiger partial charge in [-0.05, 0) is 69.3 Å². The zero-order chi connectivity index (χ0) is 18.6. The number of carbonyl (C=O) groups is 1. The summed E-state index contributed by atoms with van der Waals surface area (Å²) in [6.07, 6.45) is 5.20. The molecule has 0 radical (unpaired) electrons. The molecule has 140 valence electrons. The highest BCUT2D eigenvalue weighted by Crippen LogP contribution is 2.42. The van der Waals surface area contributed by atoms with Crippen LogP contribution >= 0.6 is 15.9 Å². The van der Waals surface area contributed by atoms with E-state index in [0.717, 1.165) is 47.0 Å². The number of carbonyl (C=O) groups excluding carboxylic acids is 1. The van der Waals surface area contributed by atoms with Crippen LogP contribution in [-0.4, -0.2) is 48.4 Å². The van der Waals surface area contributed by atoms with Crippen LogP contribution in [0.5, 0.6) is 0 Å². The Hall–Kier alpha value is -1.70. The smallest absolute Gasteiger partial charge is 0.410 e. The van der Waals surface area contributed by atoms with Gasteiger partial charge in [-0.15, -0.1) is 0 Å². The molecule has 0 spiro atoms. The lowest BCUT2D eigenvalue weighted by molar-refractivity contribution is 0.00252. The fourth-order valence-electron chi connectivity index (χ4n) is 4.28. The maximum Gasteiger partial charge on any atom is 0.410 e. The SMILES string of the molecule is Cc1ncnc2c1c(Br)nn2C1C[C@H]2CC[C@@H](C1)N2C(=O)OC(C)(C)C. The van der Waals surface area contributed by atoms with Gasteiger partial charge in [0.05, 0.1) is 17.1 Å². The molecule has 0 aliphatic carbocycles. The minimum atomic E-state index is -0.467. The quantitative estimate of drug-likeness (QED) is 0.695. The van der Waals surface area contributed by atoms with Crippen molar-refractivity contribution < 1.29 is 9.53 Å². The Morgan fingerprint density at radius 3 is 2.46 bits per heavy atom. The van der Waals surface area contributed by atoms with Crippen molar-refractivity contribution in [2.75, 3.05) is 0 Å². The Bertz CT molecular complexity index is 845. The first kappa shape index (κ1) is 17.7. The van der Waals surface area contributed by atoms with Gasteiger partial charge < -0.3 is 9.64 Å². The minimum Gasteiger partial charge on any atom is -0.444 e. The third-order valence-electron chi connectivity index (χ3n) is 5.29. The monoisotopic (exact) mass is 421 g/mol. The number of amides is 1. The lowest BCUT2D eigenvalue weighted by Gasteiger charge is -2.39. The van der Waals surface area contributed by atoms with Crippen molar-refractivity contribution in [3.05, 3.63) is 16.6 Å². The van der Waals surface area contributed by atoms with E-state index in [0.29, 0.717) is 0 Å². The molecule has 1 amide bonds. The number of fused-ring (bicyclic) bond motifs is 3. The van der Waals surface area contributed by atoms with Crippen LogP contribution in [0.2, 0.25) is 0 Å². The molecule has 0 aromatic carbocycles. The van der Waals surface area contributed by atoms with Crippen LogP contribution in [0.1, 0.15) is 58.2 Å². The average Bonchev–Trinajstić information content (AvgIpc) is 3.01. The van der Waals surface area contributed by atoms with Gasteiger partial charge in [0.25, 0.3) is 0 Å². The van der Waals surface area contributed by atoms with Gasteiger partial charge in [-0.3, -0.25) is 0 Å². The van der Waals surface area contributed by atoms with E-state index in [4.69, 9.17) is 9.84 Å². The van der Waals surface area contributed by atoms with Crippen molar-refractivity contribution in [1.82, 2.24) is 24.6 Å². The molecule has 2 saturated heterocycles. The normalized spacial score (nSPS) is 25.7. The Morgan fingerprint density at radius 2 is 1.85 bits per heavy atom. The van der Waals surface area contributed by atoms with Crippen LogP contribution in [0.25, 0.3) is 11.0 Å². The van der Waals surface area contributed by atoms with E-state index < -0.39 is 5.60 Å². The van der Waals surface area contributed by atoms with Crippen molar-refractivity contribution in [3.8, 4) is 0 Å². The van der Waals surface area contributed by atoms with Gasteiger partial charge in [0.2, 0.25) is 0 Å². The zero-order valence-electron chi connectivity index (χ0n) is 15.6.